The van der Waals surface area contributed by atoms with Gasteiger partial charge in [0.1, 0.15) is 11.6 Å². The van der Waals surface area contributed by atoms with E-state index in [9.17, 15) is 8.42 Å². The zero-order valence-electron chi connectivity index (χ0n) is 11.2. The van der Waals surface area contributed by atoms with Gasteiger partial charge in [0.15, 0.2) is 26.4 Å². The summed E-state index contributed by atoms with van der Waals surface area (Å²) in [6, 6.07) is 0. The summed E-state index contributed by atoms with van der Waals surface area (Å²) in [4.78, 5) is 1.88. The van der Waals surface area contributed by atoms with Crippen molar-refractivity contribution in [3.8, 4) is 0 Å². The number of nitrogens with zero attached hydrogens (tertiary/aromatic N) is 5. The molecule has 3 rings (SSSR count). The van der Waals surface area contributed by atoms with Gasteiger partial charge in [-0.2, -0.15) is 5.10 Å². The predicted octanol–water partition coefficient (Wildman–Crippen LogP) is -0.684. The Balaban J connectivity index is 2.01. The molecule has 0 radical (unpaired) electrons. The maximum absolute atomic E-state index is 11.8. The van der Waals surface area contributed by atoms with E-state index in [0.717, 1.165) is 17.9 Å². The van der Waals surface area contributed by atoms with Crippen molar-refractivity contribution in [2.24, 2.45) is 0 Å². The number of H-pyrrole nitrogens is 1. The van der Waals surface area contributed by atoms with Gasteiger partial charge < -0.3 is 15.2 Å². The minimum absolute atomic E-state index is 0.0437. The van der Waals surface area contributed by atoms with E-state index >= 15 is 0 Å². The SMILES string of the molecule is Cc1nnc2n1CCN(c1n[nH]c(N)c1S(C)(=O)=O)C2. The van der Waals surface area contributed by atoms with Crippen LogP contribution in [0, 0.1) is 6.92 Å². The molecule has 108 valence electrons. The molecule has 0 amide bonds. The van der Waals surface area contributed by atoms with Crippen molar-refractivity contribution in [2.75, 3.05) is 23.4 Å². The number of sulfone groups is 1. The van der Waals surface area contributed by atoms with E-state index in [0.29, 0.717) is 25.5 Å². The number of rotatable bonds is 2. The smallest absolute Gasteiger partial charge is 0.182 e. The van der Waals surface area contributed by atoms with Crippen LogP contribution in [-0.4, -0.2) is 46.2 Å². The van der Waals surface area contributed by atoms with Crippen LogP contribution in [0.1, 0.15) is 11.6 Å². The molecule has 0 saturated heterocycles. The second kappa shape index (κ2) is 4.20. The Kier molecular flexibility index (Phi) is 2.71. The van der Waals surface area contributed by atoms with Crippen LogP contribution in [0.15, 0.2) is 4.90 Å². The highest BCUT2D eigenvalue weighted by atomic mass is 32.2. The van der Waals surface area contributed by atoms with Crippen LogP contribution in [0.2, 0.25) is 0 Å². The Labute approximate surface area is 115 Å². The number of anilines is 2. The van der Waals surface area contributed by atoms with Gasteiger partial charge in [-0.05, 0) is 6.92 Å². The number of nitrogens with two attached hydrogens (primary N) is 1. The molecular formula is C10H15N7O2S. The lowest BCUT2D eigenvalue weighted by Gasteiger charge is -2.28. The average Bonchev–Trinajstić information content (AvgIpc) is 2.92. The van der Waals surface area contributed by atoms with Gasteiger partial charge in [-0.25, -0.2) is 8.42 Å². The Bertz CT molecular complexity index is 761. The highest BCUT2D eigenvalue weighted by Gasteiger charge is 2.28. The van der Waals surface area contributed by atoms with Crippen molar-refractivity contribution in [1.82, 2.24) is 25.0 Å². The van der Waals surface area contributed by atoms with E-state index in [-0.39, 0.29) is 10.7 Å². The van der Waals surface area contributed by atoms with Crippen LogP contribution in [-0.2, 0) is 22.9 Å². The minimum atomic E-state index is -3.45. The molecule has 2 aromatic rings. The van der Waals surface area contributed by atoms with Crippen molar-refractivity contribution in [3.05, 3.63) is 11.6 Å². The van der Waals surface area contributed by atoms with Gasteiger partial charge in [0.05, 0.1) is 6.54 Å². The normalized spacial score (nSPS) is 15.4. The standard InChI is InChI=1S/C10H15N7O2S/c1-6-12-13-7-5-16(3-4-17(6)7)10-8(20(2,18)19)9(11)14-15-10/h3-5H2,1-2H3,(H3,11,14,15). The lowest BCUT2D eigenvalue weighted by molar-refractivity contribution is 0.543. The molecule has 0 spiro atoms. The summed E-state index contributed by atoms with van der Waals surface area (Å²) in [5, 5.41) is 14.7. The molecule has 1 aliphatic rings. The first-order chi connectivity index (χ1) is 9.38. The zero-order chi connectivity index (χ0) is 14.5. The molecular weight excluding hydrogens is 282 g/mol. The molecule has 0 bridgehead atoms. The van der Waals surface area contributed by atoms with Crippen LogP contribution in [0.25, 0.3) is 0 Å². The maximum Gasteiger partial charge on any atom is 0.182 e. The second-order valence-corrected chi connectivity index (χ2v) is 6.75. The van der Waals surface area contributed by atoms with Crippen LogP contribution in [0.4, 0.5) is 11.6 Å². The van der Waals surface area contributed by atoms with Crippen LogP contribution >= 0.6 is 0 Å². The molecule has 0 unspecified atom stereocenters. The van der Waals surface area contributed by atoms with Crippen molar-refractivity contribution in [3.63, 3.8) is 0 Å². The first kappa shape index (κ1) is 12.9. The van der Waals surface area contributed by atoms with Gasteiger partial charge in [0, 0.05) is 19.3 Å². The van der Waals surface area contributed by atoms with E-state index in [1.165, 1.54) is 0 Å². The van der Waals surface area contributed by atoms with E-state index in [4.69, 9.17) is 5.73 Å². The summed E-state index contributed by atoms with van der Waals surface area (Å²) in [5.74, 6) is 2.04. The summed E-state index contributed by atoms with van der Waals surface area (Å²) >= 11 is 0. The molecule has 0 aliphatic carbocycles. The molecule has 3 N–H and O–H groups in total. The molecule has 1 aliphatic heterocycles. The third-order valence-electron chi connectivity index (χ3n) is 3.34. The van der Waals surface area contributed by atoms with E-state index in [1.54, 1.807) is 0 Å². The molecule has 20 heavy (non-hydrogen) atoms. The molecule has 0 aromatic carbocycles. The largest absolute Gasteiger partial charge is 0.383 e. The molecule has 3 heterocycles. The second-order valence-electron chi connectivity index (χ2n) is 4.80. The van der Waals surface area contributed by atoms with Gasteiger partial charge >= 0.3 is 0 Å². The van der Waals surface area contributed by atoms with Gasteiger partial charge in [-0.1, -0.05) is 0 Å². The molecule has 2 aromatic heterocycles. The number of fused-ring (bicyclic) bond motifs is 1. The molecule has 0 saturated carbocycles. The monoisotopic (exact) mass is 297 g/mol. The number of nitrogen functional groups attached to an aromatic ring is 1. The van der Waals surface area contributed by atoms with E-state index < -0.39 is 9.84 Å². The lowest BCUT2D eigenvalue weighted by Crippen LogP contribution is -2.35. The number of hydrogen-bond donors (Lipinski definition) is 2. The molecule has 9 nitrogen and oxygen atoms in total. The van der Waals surface area contributed by atoms with Gasteiger partial charge in [0.25, 0.3) is 0 Å². The summed E-state index contributed by atoms with van der Waals surface area (Å²) in [6.45, 7) is 3.65. The van der Waals surface area contributed by atoms with Gasteiger partial charge in [-0.3, -0.25) is 5.10 Å². The Morgan fingerprint density at radius 3 is 2.75 bits per heavy atom. The fraction of sp³-hybridized carbons (Fsp3) is 0.500. The molecule has 0 fully saturated rings. The van der Waals surface area contributed by atoms with Crippen molar-refractivity contribution in [1.29, 1.82) is 0 Å². The fourth-order valence-corrected chi connectivity index (χ4v) is 3.35. The fourth-order valence-electron chi connectivity index (χ4n) is 2.40. The first-order valence-corrected chi connectivity index (χ1v) is 7.94. The van der Waals surface area contributed by atoms with Gasteiger partial charge in [0.2, 0.25) is 0 Å². The summed E-state index contributed by atoms with van der Waals surface area (Å²) in [5.41, 5.74) is 5.68. The summed E-state index contributed by atoms with van der Waals surface area (Å²) in [7, 11) is -3.45. The van der Waals surface area contributed by atoms with Crippen LogP contribution in [0.5, 0.6) is 0 Å². The topological polar surface area (TPSA) is 123 Å². The minimum Gasteiger partial charge on any atom is -0.383 e. The van der Waals surface area contributed by atoms with Crippen molar-refractivity contribution >= 4 is 21.5 Å². The van der Waals surface area contributed by atoms with Crippen molar-refractivity contribution < 1.29 is 8.42 Å². The molecule has 10 heteroatoms. The first-order valence-electron chi connectivity index (χ1n) is 6.05. The van der Waals surface area contributed by atoms with E-state index in [1.807, 2.05) is 16.4 Å². The Morgan fingerprint density at radius 1 is 1.30 bits per heavy atom. The number of aromatic nitrogens is 5. The highest BCUT2D eigenvalue weighted by Crippen LogP contribution is 2.29. The Morgan fingerprint density at radius 2 is 2.05 bits per heavy atom. The van der Waals surface area contributed by atoms with Crippen LogP contribution < -0.4 is 10.6 Å². The third kappa shape index (κ3) is 1.92. The molecule has 0 atom stereocenters. The van der Waals surface area contributed by atoms with Gasteiger partial charge in [-0.15, -0.1) is 10.2 Å². The maximum atomic E-state index is 11.8. The number of nitrogens with one attached hydrogen (secondary N) is 1. The van der Waals surface area contributed by atoms with Crippen LogP contribution in [0.3, 0.4) is 0 Å². The highest BCUT2D eigenvalue weighted by molar-refractivity contribution is 7.91. The summed E-state index contributed by atoms with van der Waals surface area (Å²) < 4.78 is 25.7. The zero-order valence-corrected chi connectivity index (χ0v) is 12.0. The number of hydrogen-bond acceptors (Lipinski definition) is 7. The number of aromatic amines is 1. The lowest BCUT2D eigenvalue weighted by atomic mass is 10.3. The van der Waals surface area contributed by atoms with E-state index in [2.05, 4.69) is 20.4 Å². The third-order valence-corrected chi connectivity index (χ3v) is 4.48. The predicted molar refractivity (Wildman–Crippen MR) is 71.9 cm³/mol. The average molecular weight is 297 g/mol. The number of aryl methyl sites for hydroxylation is 1. The Hall–Kier alpha value is -2.10. The van der Waals surface area contributed by atoms with Crippen molar-refractivity contribution in [2.45, 2.75) is 24.9 Å². The summed E-state index contributed by atoms with van der Waals surface area (Å²) in [6.07, 6.45) is 1.12. The quantitative estimate of drug-likeness (QED) is 0.752.